The zero-order chi connectivity index (χ0) is 6.69. The Hall–Kier alpha value is -1.22. The third-order valence-electron chi connectivity index (χ3n) is 0.985. The second kappa shape index (κ2) is 2.37. The Morgan fingerprint density at radius 2 is 1.78 bits per heavy atom. The van der Waals surface area contributed by atoms with Gasteiger partial charge >= 0.3 is 0 Å². The Morgan fingerprint density at radius 1 is 1.22 bits per heavy atom. The number of aromatic hydroxyl groups is 1. The lowest BCUT2D eigenvalue weighted by molar-refractivity contribution is 0.274. The average molecular weight is 124 g/mol. The fraction of sp³-hybridized carbons (Fsp3) is 0. The van der Waals surface area contributed by atoms with Gasteiger partial charge in [-0.3, -0.25) is 0 Å². The van der Waals surface area contributed by atoms with Crippen molar-refractivity contribution in [2.24, 2.45) is 0 Å². The molecule has 0 spiro atoms. The number of phenols is 1. The van der Waals surface area contributed by atoms with Crippen molar-refractivity contribution >= 4 is 5.69 Å². The van der Waals surface area contributed by atoms with Crippen LogP contribution in [0.3, 0.4) is 0 Å². The molecule has 1 rings (SSSR count). The highest BCUT2D eigenvalue weighted by Crippen LogP contribution is 2.12. The zero-order valence-corrected chi connectivity index (χ0v) is 4.66. The van der Waals surface area contributed by atoms with Crippen LogP contribution in [0.5, 0.6) is 5.75 Å². The summed E-state index contributed by atoms with van der Waals surface area (Å²) in [6.07, 6.45) is 0. The highest BCUT2D eigenvalue weighted by molar-refractivity contribution is 5.43. The van der Waals surface area contributed by atoms with Gasteiger partial charge in [0.25, 0.3) is 0 Å². The van der Waals surface area contributed by atoms with E-state index in [9.17, 15) is 5.21 Å². The van der Waals surface area contributed by atoms with E-state index in [1.54, 1.807) is 5.48 Å². The van der Waals surface area contributed by atoms with Crippen LogP contribution in [-0.4, -0.2) is 5.11 Å². The van der Waals surface area contributed by atoms with Crippen LogP contribution >= 0.6 is 0 Å². The Balaban J connectivity index is 2.88. The van der Waals surface area contributed by atoms with Crippen molar-refractivity contribution in [3.63, 3.8) is 0 Å². The zero-order valence-electron chi connectivity index (χ0n) is 4.66. The van der Waals surface area contributed by atoms with E-state index in [0.717, 1.165) is 0 Å². The van der Waals surface area contributed by atoms with E-state index in [2.05, 4.69) is 0 Å². The van der Waals surface area contributed by atoms with E-state index in [1.807, 2.05) is 0 Å². The lowest BCUT2D eigenvalue weighted by atomic mass is 10.3. The smallest absolute Gasteiger partial charge is 0.115 e. The molecular weight excluding hydrogens is 118 g/mol. The molecule has 0 aliphatic carbocycles. The second-order valence-corrected chi connectivity index (χ2v) is 1.65. The number of phenolic OH excluding ortho intramolecular Hbond substituents is 1. The number of anilines is 1. The Bertz CT molecular complexity index is 183. The summed E-state index contributed by atoms with van der Waals surface area (Å²) in [5.74, 6) is 0.161. The molecule has 1 radical (unpaired) electrons. The molecule has 0 aliphatic rings. The van der Waals surface area contributed by atoms with Gasteiger partial charge in [0, 0.05) is 0 Å². The molecule has 9 heavy (non-hydrogen) atoms. The van der Waals surface area contributed by atoms with Crippen molar-refractivity contribution in [3.05, 3.63) is 24.3 Å². The van der Waals surface area contributed by atoms with Crippen LogP contribution in [-0.2, 0) is 5.21 Å². The van der Waals surface area contributed by atoms with Gasteiger partial charge in [0.1, 0.15) is 5.75 Å². The van der Waals surface area contributed by atoms with Gasteiger partial charge in [0.05, 0.1) is 5.69 Å². The molecule has 47 valence electrons. The number of rotatable bonds is 1. The van der Waals surface area contributed by atoms with Gasteiger partial charge in [-0.25, -0.2) is 5.48 Å². The first-order chi connectivity index (χ1) is 4.33. The van der Waals surface area contributed by atoms with E-state index in [1.165, 1.54) is 24.3 Å². The molecule has 0 atom stereocenters. The molecule has 0 unspecified atom stereocenters. The second-order valence-electron chi connectivity index (χ2n) is 1.65. The van der Waals surface area contributed by atoms with Crippen LogP contribution in [0, 0.1) is 0 Å². The molecule has 0 bridgehead atoms. The third kappa shape index (κ3) is 1.33. The first kappa shape index (κ1) is 5.91. The largest absolute Gasteiger partial charge is 0.508 e. The van der Waals surface area contributed by atoms with Gasteiger partial charge in [0.2, 0.25) is 0 Å². The van der Waals surface area contributed by atoms with Gasteiger partial charge in [-0.05, 0) is 24.3 Å². The molecule has 0 saturated carbocycles. The molecule has 3 nitrogen and oxygen atoms in total. The maximum Gasteiger partial charge on any atom is 0.115 e. The molecule has 0 aliphatic heterocycles. The first-order valence-electron chi connectivity index (χ1n) is 2.50. The number of benzene rings is 1. The molecule has 0 heterocycles. The van der Waals surface area contributed by atoms with Gasteiger partial charge in [0.15, 0.2) is 0 Å². The van der Waals surface area contributed by atoms with Crippen molar-refractivity contribution in [3.8, 4) is 5.75 Å². The van der Waals surface area contributed by atoms with Crippen LogP contribution in [0.25, 0.3) is 0 Å². The number of hydrogen-bond donors (Lipinski definition) is 2. The fourth-order valence-electron chi connectivity index (χ4n) is 0.529. The summed E-state index contributed by atoms with van der Waals surface area (Å²) in [5.41, 5.74) is 2.14. The average Bonchev–Trinajstić information content (AvgIpc) is 1.90. The Morgan fingerprint density at radius 3 is 2.22 bits per heavy atom. The minimum atomic E-state index is 0.161. The highest BCUT2D eigenvalue weighted by atomic mass is 16.5. The molecule has 0 aromatic heterocycles. The third-order valence-corrected chi connectivity index (χ3v) is 0.985. The normalized spacial score (nSPS) is 9.00. The predicted octanol–water partition coefficient (Wildman–Crippen LogP) is 1.15. The summed E-state index contributed by atoms with van der Waals surface area (Å²) in [5, 5.41) is 18.6. The highest BCUT2D eigenvalue weighted by Gasteiger charge is 1.87. The number of nitrogens with one attached hydrogen (secondary N) is 1. The van der Waals surface area contributed by atoms with Crippen molar-refractivity contribution in [2.75, 3.05) is 5.48 Å². The van der Waals surface area contributed by atoms with Crippen LogP contribution in [0.2, 0.25) is 0 Å². The lowest BCUT2D eigenvalue weighted by Gasteiger charge is -1.93. The molecule has 0 amide bonds. The maximum atomic E-state index is 9.91. The van der Waals surface area contributed by atoms with E-state index in [-0.39, 0.29) is 5.75 Å². The Labute approximate surface area is 52.5 Å². The van der Waals surface area contributed by atoms with Gasteiger partial charge in [-0.2, -0.15) is 0 Å². The molecule has 3 heteroatoms. The molecule has 2 N–H and O–H groups in total. The molecule has 1 aromatic carbocycles. The van der Waals surface area contributed by atoms with E-state index < -0.39 is 0 Å². The van der Waals surface area contributed by atoms with Crippen LogP contribution < -0.4 is 5.48 Å². The van der Waals surface area contributed by atoms with Crippen molar-refractivity contribution in [1.82, 2.24) is 0 Å². The van der Waals surface area contributed by atoms with E-state index in [4.69, 9.17) is 5.11 Å². The molecular formula is C6H6NO2. The first-order valence-corrected chi connectivity index (χ1v) is 2.50. The maximum absolute atomic E-state index is 9.91. The van der Waals surface area contributed by atoms with E-state index in [0.29, 0.717) is 5.69 Å². The number of hydrogen-bond acceptors (Lipinski definition) is 2. The van der Waals surface area contributed by atoms with Gasteiger partial charge < -0.3 is 5.11 Å². The topological polar surface area (TPSA) is 52.2 Å². The predicted molar refractivity (Wildman–Crippen MR) is 32.4 cm³/mol. The summed E-state index contributed by atoms with van der Waals surface area (Å²) in [7, 11) is 0. The quantitative estimate of drug-likeness (QED) is 0.435. The Kier molecular flexibility index (Phi) is 1.55. The minimum Gasteiger partial charge on any atom is -0.508 e. The van der Waals surface area contributed by atoms with Crippen molar-refractivity contribution in [2.45, 2.75) is 0 Å². The van der Waals surface area contributed by atoms with Crippen LogP contribution in [0.4, 0.5) is 5.69 Å². The van der Waals surface area contributed by atoms with Crippen LogP contribution in [0.1, 0.15) is 0 Å². The summed E-state index contributed by atoms with van der Waals surface area (Å²) >= 11 is 0. The fourth-order valence-corrected chi connectivity index (χ4v) is 0.529. The summed E-state index contributed by atoms with van der Waals surface area (Å²) in [4.78, 5) is 0. The standard InChI is InChI=1S/C6H6NO2/c8-6-3-1-5(7-9)2-4-6/h1-4,7-8H. The lowest BCUT2D eigenvalue weighted by Crippen LogP contribution is -1.83. The van der Waals surface area contributed by atoms with Gasteiger partial charge in [-0.15, -0.1) is 0 Å². The minimum absolute atomic E-state index is 0.161. The molecule has 0 saturated heterocycles. The summed E-state index contributed by atoms with van der Waals surface area (Å²) < 4.78 is 0. The van der Waals surface area contributed by atoms with Gasteiger partial charge in [-0.1, -0.05) is 5.21 Å². The molecule has 0 fully saturated rings. The summed E-state index contributed by atoms with van der Waals surface area (Å²) in [6, 6.07) is 5.89. The summed E-state index contributed by atoms with van der Waals surface area (Å²) in [6.45, 7) is 0. The van der Waals surface area contributed by atoms with E-state index >= 15 is 0 Å². The molecule has 1 aromatic rings. The van der Waals surface area contributed by atoms with Crippen molar-refractivity contribution in [1.29, 1.82) is 0 Å². The SMILES string of the molecule is [O]Nc1ccc(O)cc1. The van der Waals surface area contributed by atoms with Crippen molar-refractivity contribution < 1.29 is 10.3 Å². The monoisotopic (exact) mass is 124 g/mol. The van der Waals surface area contributed by atoms with Crippen LogP contribution in [0.15, 0.2) is 24.3 Å².